The Labute approximate surface area is 126 Å². The molecule has 0 aliphatic heterocycles. The predicted octanol–water partition coefficient (Wildman–Crippen LogP) is 5.29. The van der Waals surface area contributed by atoms with Crippen molar-refractivity contribution in [1.82, 2.24) is 0 Å². The summed E-state index contributed by atoms with van der Waals surface area (Å²) in [5.74, 6) is 0.608. The van der Waals surface area contributed by atoms with E-state index >= 15 is 0 Å². The quantitative estimate of drug-likeness (QED) is 0.478. The molecular formula is C15H20BrF3O. The van der Waals surface area contributed by atoms with Crippen LogP contribution in [-0.4, -0.2) is 19.4 Å². The Bertz CT molecular complexity index is 387. The van der Waals surface area contributed by atoms with Crippen LogP contribution in [0.15, 0.2) is 24.3 Å². The van der Waals surface area contributed by atoms with Crippen LogP contribution in [0, 0.1) is 5.92 Å². The Morgan fingerprint density at radius 1 is 1.15 bits per heavy atom. The lowest BCUT2D eigenvalue weighted by Gasteiger charge is -2.13. The van der Waals surface area contributed by atoms with Crippen molar-refractivity contribution in [3.8, 4) is 0 Å². The number of benzene rings is 1. The van der Waals surface area contributed by atoms with E-state index in [0.29, 0.717) is 12.3 Å². The van der Waals surface area contributed by atoms with Crippen molar-refractivity contribution < 1.29 is 17.9 Å². The number of alkyl halides is 4. The number of rotatable bonds is 7. The molecule has 0 aromatic heterocycles. The van der Waals surface area contributed by atoms with Crippen molar-refractivity contribution in [2.75, 3.05) is 13.2 Å². The van der Waals surface area contributed by atoms with Crippen LogP contribution in [0.4, 0.5) is 13.2 Å². The van der Waals surface area contributed by atoms with Crippen molar-refractivity contribution in [1.29, 1.82) is 0 Å². The molecule has 1 unspecified atom stereocenters. The highest BCUT2D eigenvalue weighted by atomic mass is 79.9. The molecule has 0 fully saturated rings. The van der Waals surface area contributed by atoms with Gasteiger partial charge in [-0.15, -0.1) is 0 Å². The van der Waals surface area contributed by atoms with E-state index < -0.39 is 12.8 Å². The molecule has 20 heavy (non-hydrogen) atoms. The summed E-state index contributed by atoms with van der Waals surface area (Å²) in [5, 5.41) is 0. The maximum atomic E-state index is 11.9. The highest BCUT2D eigenvalue weighted by molar-refractivity contribution is 9.09. The van der Waals surface area contributed by atoms with E-state index in [-0.39, 0.29) is 11.4 Å². The van der Waals surface area contributed by atoms with Crippen LogP contribution in [0.25, 0.3) is 0 Å². The highest BCUT2D eigenvalue weighted by Gasteiger charge is 2.27. The van der Waals surface area contributed by atoms with Crippen molar-refractivity contribution >= 4 is 15.9 Å². The number of ether oxygens (including phenoxy) is 1. The first kappa shape index (κ1) is 17.5. The molecule has 1 rings (SSSR count). The lowest BCUT2D eigenvalue weighted by atomic mass is 10.0. The van der Waals surface area contributed by atoms with Gasteiger partial charge in [0.15, 0.2) is 0 Å². The molecule has 0 heterocycles. The largest absolute Gasteiger partial charge is 0.411 e. The van der Waals surface area contributed by atoms with Gasteiger partial charge in [0, 0.05) is 11.4 Å². The molecule has 0 spiro atoms. The van der Waals surface area contributed by atoms with Crippen LogP contribution in [0.3, 0.4) is 0 Å². The Morgan fingerprint density at radius 3 is 2.25 bits per heavy atom. The summed E-state index contributed by atoms with van der Waals surface area (Å²) in [6.45, 7) is 3.24. The first-order valence-electron chi connectivity index (χ1n) is 6.65. The van der Waals surface area contributed by atoms with Gasteiger partial charge in [-0.05, 0) is 29.9 Å². The fraction of sp³-hybridized carbons (Fsp3) is 0.600. The Kier molecular flexibility index (Phi) is 7.03. The van der Waals surface area contributed by atoms with E-state index in [4.69, 9.17) is 0 Å². The second-order valence-electron chi connectivity index (χ2n) is 5.26. The van der Waals surface area contributed by atoms with Crippen LogP contribution in [0.1, 0.15) is 36.2 Å². The second kappa shape index (κ2) is 8.03. The van der Waals surface area contributed by atoms with Crippen molar-refractivity contribution in [2.24, 2.45) is 5.92 Å². The first-order valence-corrected chi connectivity index (χ1v) is 7.57. The fourth-order valence-corrected chi connectivity index (χ4v) is 2.37. The average Bonchev–Trinajstić information content (AvgIpc) is 2.33. The highest BCUT2D eigenvalue weighted by Crippen LogP contribution is 2.27. The molecule has 0 bridgehead atoms. The molecule has 0 aliphatic carbocycles. The van der Waals surface area contributed by atoms with Crippen LogP contribution in [0.2, 0.25) is 0 Å². The van der Waals surface area contributed by atoms with Crippen molar-refractivity contribution in [2.45, 2.75) is 37.7 Å². The topological polar surface area (TPSA) is 9.23 Å². The van der Waals surface area contributed by atoms with E-state index in [0.717, 1.165) is 12.0 Å². The van der Waals surface area contributed by atoms with Crippen LogP contribution in [-0.2, 0) is 11.2 Å². The van der Waals surface area contributed by atoms with Crippen LogP contribution in [0.5, 0.6) is 0 Å². The molecule has 0 radical (unpaired) electrons. The van der Waals surface area contributed by atoms with Crippen molar-refractivity contribution in [3.05, 3.63) is 35.4 Å². The zero-order chi connectivity index (χ0) is 15.2. The molecule has 0 amide bonds. The second-order valence-corrected chi connectivity index (χ2v) is 6.37. The van der Waals surface area contributed by atoms with Crippen molar-refractivity contribution in [3.63, 3.8) is 0 Å². The fourth-order valence-electron chi connectivity index (χ4n) is 1.88. The number of halogens is 4. The van der Waals surface area contributed by atoms with E-state index in [2.05, 4.69) is 46.6 Å². The summed E-state index contributed by atoms with van der Waals surface area (Å²) in [4.78, 5) is 0.0174. The average molecular weight is 353 g/mol. The monoisotopic (exact) mass is 352 g/mol. The summed E-state index contributed by atoms with van der Waals surface area (Å²) in [6.07, 6.45) is -2.71. The van der Waals surface area contributed by atoms with E-state index in [1.165, 1.54) is 5.56 Å². The molecule has 0 N–H and O–H groups in total. The van der Waals surface area contributed by atoms with Gasteiger partial charge in [0.1, 0.15) is 6.61 Å². The van der Waals surface area contributed by atoms with Gasteiger partial charge in [0.05, 0.1) is 0 Å². The molecule has 0 saturated carbocycles. The smallest absolute Gasteiger partial charge is 0.372 e. The van der Waals surface area contributed by atoms with E-state index in [1.807, 2.05) is 12.1 Å². The predicted molar refractivity (Wildman–Crippen MR) is 78.1 cm³/mol. The minimum atomic E-state index is -4.25. The molecule has 1 nitrogen and oxygen atoms in total. The van der Waals surface area contributed by atoms with Gasteiger partial charge in [-0.1, -0.05) is 54.0 Å². The lowest BCUT2D eigenvalue weighted by Crippen LogP contribution is -2.17. The summed E-state index contributed by atoms with van der Waals surface area (Å²) < 4.78 is 40.4. The van der Waals surface area contributed by atoms with Gasteiger partial charge < -0.3 is 4.74 Å². The third-order valence-corrected chi connectivity index (χ3v) is 3.75. The molecule has 114 valence electrons. The van der Waals surface area contributed by atoms with Gasteiger partial charge in [0.2, 0.25) is 0 Å². The molecule has 1 aromatic rings. The Hall–Kier alpha value is -0.550. The van der Waals surface area contributed by atoms with Crippen LogP contribution < -0.4 is 0 Å². The molecular weight excluding hydrogens is 333 g/mol. The molecule has 1 aromatic carbocycles. The normalized spacial score (nSPS) is 13.8. The van der Waals surface area contributed by atoms with Gasteiger partial charge in [0.25, 0.3) is 0 Å². The minimum absolute atomic E-state index is 0.0174. The standard InChI is InChI=1S/C15H20BrF3O/c1-11(2)9-12-3-5-13(6-4-12)14(16)7-8-20-10-15(17,18)19/h3-6,11,14H,7-10H2,1-2H3. The summed E-state index contributed by atoms with van der Waals surface area (Å²) in [6, 6.07) is 8.17. The summed E-state index contributed by atoms with van der Waals surface area (Å²) in [7, 11) is 0. The minimum Gasteiger partial charge on any atom is -0.372 e. The first-order chi connectivity index (χ1) is 9.28. The maximum Gasteiger partial charge on any atom is 0.411 e. The zero-order valence-corrected chi connectivity index (χ0v) is 13.3. The molecule has 0 saturated heterocycles. The zero-order valence-electron chi connectivity index (χ0n) is 11.7. The third-order valence-electron chi connectivity index (χ3n) is 2.77. The van der Waals surface area contributed by atoms with E-state index in [1.54, 1.807) is 0 Å². The molecule has 5 heteroatoms. The summed E-state index contributed by atoms with van der Waals surface area (Å²) >= 11 is 3.48. The van der Waals surface area contributed by atoms with Gasteiger partial charge in [-0.3, -0.25) is 0 Å². The van der Waals surface area contributed by atoms with Crippen LogP contribution >= 0.6 is 15.9 Å². The Balaban J connectivity index is 2.38. The van der Waals surface area contributed by atoms with Gasteiger partial charge in [-0.25, -0.2) is 0 Å². The maximum absolute atomic E-state index is 11.9. The molecule has 1 atom stereocenters. The Morgan fingerprint density at radius 2 is 1.75 bits per heavy atom. The third kappa shape index (κ3) is 7.29. The van der Waals surface area contributed by atoms with E-state index in [9.17, 15) is 13.2 Å². The van der Waals surface area contributed by atoms with Gasteiger partial charge in [-0.2, -0.15) is 13.2 Å². The summed E-state index contributed by atoms with van der Waals surface area (Å²) in [5.41, 5.74) is 2.34. The SMILES string of the molecule is CC(C)Cc1ccc(C(Br)CCOCC(F)(F)F)cc1. The number of hydrogen-bond donors (Lipinski definition) is 0. The number of hydrogen-bond acceptors (Lipinski definition) is 1. The lowest BCUT2D eigenvalue weighted by molar-refractivity contribution is -0.174. The molecule has 0 aliphatic rings. The van der Waals surface area contributed by atoms with Gasteiger partial charge >= 0.3 is 6.18 Å².